The summed E-state index contributed by atoms with van der Waals surface area (Å²) in [5.74, 6) is 0.722. The van der Waals surface area contributed by atoms with Crippen molar-refractivity contribution in [2.24, 2.45) is 5.73 Å². The third-order valence-electron chi connectivity index (χ3n) is 1.52. The second-order valence-electron chi connectivity index (χ2n) is 2.34. The maximum absolute atomic E-state index is 9.03. The van der Waals surface area contributed by atoms with Gasteiger partial charge in [-0.15, -0.1) is 0 Å². The monoisotopic (exact) mass is 231 g/mol. The van der Waals surface area contributed by atoms with Crippen molar-refractivity contribution in [2.45, 2.75) is 6.23 Å². The van der Waals surface area contributed by atoms with Crippen LogP contribution in [0.25, 0.3) is 0 Å². The maximum Gasteiger partial charge on any atom is 0.133 e. The topological polar surface area (TPSA) is 55.5 Å². The first-order valence-electron chi connectivity index (χ1n) is 3.42. The number of ether oxygens (including phenoxy) is 1. The number of methoxy groups -OCH3 is 1. The van der Waals surface area contributed by atoms with Crippen molar-refractivity contribution in [3.05, 3.63) is 28.2 Å². The molecule has 0 heterocycles. The molecule has 1 unspecified atom stereocenters. The van der Waals surface area contributed by atoms with Gasteiger partial charge in [0, 0.05) is 0 Å². The first kappa shape index (κ1) is 9.51. The molecule has 66 valence electrons. The van der Waals surface area contributed by atoms with Crippen molar-refractivity contribution in [1.82, 2.24) is 0 Å². The van der Waals surface area contributed by atoms with E-state index < -0.39 is 6.23 Å². The van der Waals surface area contributed by atoms with Crippen LogP contribution in [0.15, 0.2) is 22.7 Å². The standard InChI is InChI=1S/C8H10BrNO2/c1-12-7-3-2-5(8(10)11)4-6(7)9/h2-4,8,11H,10H2,1H3. The number of benzene rings is 1. The van der Waals surface area contributed by atoms with Gasteiger partial charge in [0.15, 0.2) is 0 Å². The highest BCUT2D eigenvalue weighted by Crippen LogP contribution is 2.26. The molecule has 0 bridgehead atoms. The summed E-state index contributed by atoms with van der Waals surface area (Å²) >= 11 is 3.28. The number of nitrogens with two attached hydrogens (primary N) is 1. The molecule has 0 aromatic heterocycles. The predicted octanol–water partition coefficient (Wildman–Crippen LogP) is 1.41. The quantitative estimate of drug-likeness (QED) is 0.758. The zero-order chi connectivity index (χ0) is 9.14. The fourth-order valence-electron chi connectivity index (χ4n) is 0.867. The molecule has 0 amide bonds. The molecule has 0 aliphatic heterocycles. The molecule has 12 heavy (non-hydrogen) atoms. The molecular formula is C8H10BrNO2. The van der Waals surface area contributed by atoms with Crippen molar-refractivity contribution in [3.63, 3.8) is 0 Å². The van der Waals surface area contributed by atoms with E-state index in [0.29, 0.717) is 5.56 Å². The number of aliphatic hydroxyl groups is 1. The number of halogens is 1. The molecule has 0 fully saturated rings. The normalized spacial score (nSPS) is 12.7. The highest BCUT2D eigenvalue weighted by atomic mass is 79.9. The Labute approximate surface area is 79.3 Å². The minimum absolute atomic E-state index is 0.655. The smallest absolute Gasteiger partial charge is 0.133 e. The van der Waals surface area contributed by atoms with Gasteiger partial charge < -0.3 is 15.6 Å². The Hall–Kier alpha value is -0.580. The van der Waals surface area contributed by atoms with Gasteiger partial charge in [-0.1, -0.05) is 6.07 Å². The lowest BCUT2D eigenvalue weighted by molar-refractivity contribution is 0.186. The van der Waals surface area contributed by atoms with Crippen molar-refractivity contribution in [3.8, 4) is 5.75 Å². The Morgan fingerprint density at radius 1 is 1.58 bits per heavy atom. The van der Waals surface area contributed by atoms with Crippen LogP contribution in [-0.4, -0.2) is 12.2 Å². The summed E-state index contributed by atoms with van der Waals surface area (Å²) < 4.78 is 5.79. The van der Waals surface area contributed by atoms with Crippen LogP contribution in [0.4, 0.5) is 0 Å². The average Bonchev–Trinajstić information content (AvgIpc) is 2.04. The SMILES string of the molecule is COc1ccc(C(N)O)cc1Br. The van der Waals surface area contributed by atoms with Gasteiger partial charge in [-0.3, -0.25) is 0 Å². The van der Waals surface area contributed by atoms with Crippen LogP contribution >= 0.6 is 15.9 Å². The Balaban J connectivity index is 3.02. The summed E-state index contributed by atoms with van der Waals surface area (Å²) in [5, 5.41) is 9.03. The maximum atomic E-state index is 9.03. The van der Waals surface area contributed by atoms with E-state index in [1.165, 1.54) is 0 Å². The van der Waals surface area contributed by atoms with Gasteiger partial charge >= 0.3 is 0 Å². The first-order chi connectivity index (χ1) is 5.65. The molecule has 0 aliphatic carbocycles. The van der Waals surface area contributed by atoms with E-state index in [2.05, 4.69) is 15.9 Å². The van der Waals surface area contributed by atoms with Crippen molar-refractivity contribution in [1.29, 1.82) is 0 Å². The molecule has 1 atom stereocenters. The van der Waals surface area contributed by atoms with Crippen LogP contribution in [0.3, 0.4) is 0 Å². The number of rotatable bonds is 2. The Bertz CT molecular complexity index is 276. The lowest BCUT2D eigenvalue weighted by Crippen LogP contribution is -2.08. The number of aliphatic hydroxyl groups excluding tert-OH is 1. The molecule has 0 saturated carbocycles. The van der Waals surface area contributed by atoms with Gasteiger partial charge in [0.1, 0.15) is 12.0 Å². The summed E-state index contributed by atoms with van der Waals surface area (Å²) in [5.41, 5.74) is 5.92. The summed E-state index contributed by atoms with van der Waals surface area (Å²) in [7, 11) is 1.58. The summed E-state index contributed by atoms with van der Waals surface area (Å²) in [6.45, 7) is 0. The van der Waals surface area contributed by atoms with Crippen LogP contribution in [0, 0.1) is 0 Å². The van der Waals surface area contributed by atoms with Crippen molar-refractivity contribution < 1.29 is 9.84 Å². The Kier molecular flexibility index (Phi) is 3.08. The fraction of sp³-hybridized carbons (Fsp3) is 0.250. The first-order valence-corrected chi connectivity index (χ1v) is 4.21. The zero-order valence-electron chi connectivity index (χ0n) is 6.62. The largest absolute Gasteiger partial charge is 0.496 e. The van der Waals surface area contributed by atoms with Crippen LogP contribution in [0.2, 0.25) is 0 Å². The molecule has 0 radical (unpaired) electrons. The molecule has 4 heteroatoms. The second kappa shape index (κ2) is 3.89. The molecule has 3 nitrogen and oxygen atoms in total. The molecule has 1 rings (SSSR count). The van der Waals surface area contributed by atoms with Gasteiger partial charge in [-0.05, 0) is 33.6 Å². The molecule has 0 saturated heterocycles. The summed E-state index contributed by atoms with van der Waals surface area (Å²) in [6.07, 6.45) is -0.938. The summed E-state index contributed by atoms with van der Waals surface area (Å²) in [4.78, 5) is 0. The van der Waals surface area contributed by atoms with E-state index in [4.69, 9.17) is 15.6 Å². The average molecular weight is 232 g/mol. The van der Waals surface area contributed by atoms with Crippen LogP contribution in [0.5, 0.6) is 5.75 Å². The zero-order valence-corrected chi connectivity index (χ0v) is 8.21. The molecule has 0 spiro atoms. The van der Waals surface area contributed by atoms with E-state index in [1.807, 2.05) is 0 Å². The van der Waals surface area contributed by atoms with E-state index in [1.54, 1.807) is 25.3 Å². The van der Waals surface area contributed by atoms with E-state index >= 15 is 0 Å². The predicted molar refractivity (Wildman–Crippen MR) is 49.8 cm³/mol. The lowest BCUT2D eigenvalue weighted by atomic mass is 10.2. The van der Waals surface area contributed by atoms with Gasteiger partial charge in [-0.25, -0.2) is 0 Å². The van der Waals surface area contributed by atoms with Crippen molar-refractivity contribution in [2.75, 3.05) is 7.11 Å². The van der Waals surface area contributed by atoms with Gasteiger partial charge in [0.25, 0.3) is 0 Å². The highest BCUT2D eigenvalue weighted by Gasteiger charge is 2.04. The van der Waals surface area contributed by atoms with E-state index in [9.17, 15) is 0 Å². The third-order valence-corrected chi connectivity index (χ3v) is 2.14. The van der Waals surface area contributed by atoms with Gasteiger partial charge in [0.2, 0.25) is 0 Å². The van der Waals surface area contributed by atoms with Crippen molar-refractivity contribution >= 4 is 15.9 Å². The molecule has 0 aliphatic rings. The minimum atomic E-state index is -0.938. The highest BCUT2D eigenvalue weighted by molar-refractivity contribution is 9.10. The Morgan fingerprint density at radius 2 is 2.25 bits per heavy atom. The van der Waals surface area contributed by atoms with Gasteiger partial charge in [-0.2, -0.15) is 0 Å². The van der Waals surface area contributed by atoms with Crippen LogP contribution in [0.1, 0.15) is 11.8 Å². The van der Waals surface area contributed by atoms with Crippen LogP contribution in [-0.2, 0) is 0 Å². The molecule has 1 aromatic rings. The Morgan fingerprint density at radius 3 is 2.67 bits per heavy atom. The molecular weight excluding hydrogens is 222 g/mol. The fourth-order valence-corrected chi connectivity index (χ4v) is 1.42. The lowest BCUT2D eigenvalue weighted by Gasteiger charge is -2.07. The van der Waals surface area contributed by atoms with Gasteiger partial charge in [0.05, 0.1) is 11.6 Å². The number of hydrogen-bond donors (Lipinski definition) is 2. The van der Waals surface area contributed by atoms with E-state index in [0.717, 1.165) is 10.2 Å². The summed E-state index contributed by atoms with van der Waals surface area (Å²) in [6, 6.07) is 5.19. The molecule has 1 aromatic carbocycles. The van der Waals surface area contributed by atoms with E-state index in [-0.39, 0.29) is 0 Å². The molecule has 3 N–H and O–H groups in total. The number of hydrogen-bond acceptors (Lipinski definition) is 3. The second-order valence-corrected chi connectivity index (χ2v) is 3.19. The minimum Gasteiger partial charge on any atom is -0.496 e. The van der Waals surface area contributed by atoms with Crippen LogP contribution < -0.4 is 10.5 Å². The third kappa shape index (κ3) is 1.97.